The number of ether oxygens (including phenoxy) is 1. The fourth-order valence-electron chi connectivity index (χ4n) is 4.01. The Bertz CT molecular complexity index is 1190. The Labute approximate surface area is 211 Å². The minimum absolute atomic E-state index is 0.0753. The number of primary amides is 1. The van der Waals surface area contributed by atoms with Crippen molar-refractivity contribution in [1.29, 1.82) is 0 Å². The summed E-state index contributed by atoms with van der Waals surface area (Å²) >= 11 is 0. The number of sulfone groups is 1. The van der Waals surface area contributed by atoms with E-state index in [0.717, 1.165) is 12.8 Å². The van der Waals surface area contributed by atoms with Crippen LogP contribution in [0.4, 0.5) is 4.79 Å². The van der Waals surface area contributed by atoms with E-state index in [1.165, 1.54) is 29.2 Å². The number of piperidine rings is 1. The fraction of sp³-hybridized carbons (Fsp3) is 0.423. The molecular formula is C26H33N3O6S. The number of benzene rings is 2. The Kier molecular flexibility index (Phi) is 8.39. The number of carbonyl (C=O) groups is 3. The summed E-state index contributed by atoms with van der Waals surface area (Å²) in [5, 5.41) is 2.67. The zero-order valence-corrected chi connectivity index (χ0v) is 21.6. The Hall–Kier alpha value is -3.40. The molecule has 0 aliphatic carbocycles. The smallest absolute Gasteiger partial charge is 0.410 e. The number of amides is 3. The maximum atomic E-state index is 13.1. The molecular weight excluding hydrogens is 482 g/mol. The van der Waals surface area contributed by atoms with Crippen molar-refractivity contribution in [3.63, 3.8) is 0 Å². The molecule has 1 unspecified atom stereocenters. The van der Waals surface area contributed by atoms with E-state index in [9.17, 15) is 22.8 Å². The van der Waals surface area contributed by atoms with Crippen LogP contribution in [0.5, 0.6) is 0 Å². The van der Waals surface area contributed by atoms with Crippen LogP contribution in [0.1, 0.15) is 45.6 Å². The highest BCUT2D eigenvalue weighted by Gasteiger charge is 2.36. The number of carbonyl (C=O) groups excluding carboxylic acids is 3. The molecule has 10 heteroatoms. The summed E-state index contributed by atoms with van der Waals surface area (Å²) in [6.45, 7) is 5.64. The maximum absolute atomic E-state index is 13.1. The van der Waals surface area contributed by atoms with Gasteiger partial charge >= 0.3 is 6.09 Å². The van der Waals surface area contributed by atoms with Crippen LogP contribution in [0.3, 0.4) is 0 Å². The molecule has 1 heterocycles. The highest BCUT2D eigenvalue weighted by Crippen LogP contribution is 2.23. The lowest BCUT2D eigenvalue weighted by Crippen LogP contribution is -2.56. The first-order chi connectivity index (χ1) is 16.9. The Morgan fingerprint density at radius 3 is 2.22 bits per heavy atom. The van der Waals surface area contributed by atoms with Crippen LogP contribution < -0.4 is 11.1 Å². The third-order valence-corrected chi connectivity index (χ3v) is 7.61. The fourth-order valence-corrected chi connectivity index (χ4v) is 5.29. The van der Waals surface area contributed by atoms with Crippen molar-refractivity contribution in [3.05, 3.63) is 60.2 Å². The largest absolute Gasteiger partial charge is 0.444 e. The average Bonchev–Trinajstić information content (AvgIpc) is 2.83. The molecule has 3 amide bonds. The molecule has 3 rings (SSSR count). The monoisotopic (exact) mass is 515 g/mol. The van der Waals surface area contributed by atoms with Crippen LogP contribution in [-0.4, -0.2) is 55.5 Å². The van der Waals surface area contributed by atoms with Crippen molar-refractivity contribution >= 4 is 27.7 Å². The molecule has 0 spiro atoms. The van der Waals surface area contributed by atoms with E-state index in [0.29, 0.717) is 18.5 Å². The van der Waals surface area contributed by atoms with Crippen molar-refractivity contribution in [2.75, 3.05) is 6.54 Å². The van der Waals surface area contributed by atoms with Crippen molar-refractivity contribution in [2.45, 2.75) is 73.9 Å². The molecule has 2 aromatic carbocycles. The van der Waals surface area contributed by atoms with E-state index in [4.69, 9.17) is 10.5 Å². The van der Waals surface area contributed by atoms with Crippen LogP contribution in [0, 0.1) is 0 Å². The molecule has 0 radical (unpaired) electrons. The van der Waals surface area contributed by atoms with Crippen LogP contribution in [0.15, 0.2) is 64.4 Å². The standard InChI is InChI=1S/C26H33N3O6S/c1-26(2,3)35-25(32)29-16-8-7-11-22(29)24(31)28-21(23(27)30)17-18-12-14-20(15-13-18)36(33,34)19-9-5-4-6-10-19/h4-6,9-10,12-15,21-22H,7-8,11,16-17H2,1-3H3,(H2,27,30)(H,28,31)/t21-,22?/m0/s1. The van der Waals surface area contributed by atoms with Crippen molar-refractivity contribution < 1.29 is 27.5 Å². The van der Waals surface area contributed by atoms with Crippen LogP contribution in [-0.2, 0) is 30.6 Å². The van der Waals surface area contributed by atoms with Gasteiger partial charge in [-0.15, -0.1) is 0 Å². The molecule has 1 fully saturated rings. The van der Waals surface area contributed by atoms with E-state index < -0.39 is 45.4 Å². The number of hydrogen-bond donors (Lipinski definition) is 2. The first kappa shape index (κ1) is 27.2. The molecule has 9 nitrogen and oxygen atoms in total. The van der Waals surface area contributed by atoms with Crippen molar-refractivity contribution in [1.82, 2.24) is 10.2 Å². The van der Waals surface area contributed by atoms with Gasteiger partial charge in [-0.3, -0.25) is 14.5 Å². The van der Waals surface area contributed by atoms with Gasteiger partial charge < -0.3 is 15.8 Å². The highest BCUT2D eigenvalue weighted by molar-refractivity contribution is 7.91. The second kappa shape index (κ2) is 11.1. The van der Waals surface area contributed by atoms with Crippen LogP contribution >= 0.6 is 0 Å². The van der Waals surface area contributed by atoms with E-state index in [2.05, 4.69) is 5.32 Å². The highest BCUT2D eigenvalue weighted by atomic mass is 32.2. The number of hydrogen-bond acceptors (Lipinski definition) is 6. The van der Waals surface area contributed by atoms with Gasteiger partial charge in [-0.05, 0) is 69.9 Å². The molecule has 1 aliphatic rings. The lowest BCUT2D eigenvalue weighted by molar-refractivity contribution is -0.131. The van der Waals surface area contributed by atoms with Gasteiger partial charge in [-0.25, -0.2) is 13.2 Å². The van der Waals surface area contributed by atoms with Crippen molar-refractivity contribution in [2.24, 2.45) is 5.73 Å². The number of nitrogens with one attached hydrogen (secondary N) is 1. The Balaban J connectivity index is 1.71. The summed E-state index contributed by atoms with van der Waals surface area (Å²) in [6, 6.07) is 12.4. The molecule has 36 heavy (non-hydrogen) atoms. The third-order valence-electron chi connectivity index (χ3n) is 5.82. The van der Waals surface area contributed by atoms with Gasteiger partial charge in [0.05, 0.1) is 9.79 Å². The number of rotatable bonds is 7. The molecule has 2 aromatic rings. The second-order valence-corrected chi connectivity index (χ2v) is 11.8. The SMILES string of the molecule is CC(C)(C)OC(=O)N1CCCCC1C(=O)N[C@@H](Cc1ccc(S(=O)(=O)c2ccccc2)cc1)C(N)=O. The first-order valence-corrected chi connectivity index (χ1v) is 13.4. The third kappa shape index (κ3) is 6.84. The number of nitrogens with zero attached hydrogens (tertiary/aromatic N) is 1. The van der Waals surface area contributed by atoms with E-state index in [-0.39, 0.29) is 16.2 Å². The normalized spacial score (nSPS) is 17.2. The minimum Gasteiger partial charge on any atom is -0.444 e. The Morgan fingerprint density at radius 2 is 1.64 bits per heavy atom. The van der Waals surface area contributed by atoms with Gasteiger partial charge in [-0.1, -0.05) is 30.3 Å². The van der Waals surface area contributed by atoms with Gasteiger partial charge in [0.25, 0.3) is 0 Å². The summed E-state index contributed by atoms with van der Waals surface area (Å²) in [5.41, 5.74) is 5.48. The lowest BCUT2D eigenvalue weighted by atomic mass is 10.0. The summed E-state index contributed by atoms with van der Waals surface area (Å²) in [7, 11) is -3.67. The van der Waals surface area contributed by atoms with Crippen LogP contribution in [0.25, 0.3) is 0 Å². The topological polar surface area (TPSA) is 136 Å². The van der Waals surface area contributed by atoms with Gasteiger partial charge in [0.1, 0.15) is 17.7 Å². The van der Waals surface area contributed by atoms with Gasteiger partial charge in [0, 0.05) is 13.0 Å². The quantitative estimate of drug-likeness (QED) is 0.582. The molecule has 2 atom stereocenters. The summed E-state index contributed by atoms with van der Waals surface area (Å²) < 4.78 is 31.0. The van der Waals surface area contributed by atoms with Crippen molar-refractivity contribution in [3.8, 4) is 0 Å². The summed E-state index contributed by atoms with van der Waals surface area (Å²) in [5.74, 6) is -1.21. The second-order valence-electron chi connectivity index (χ2n) is 9.81. The molecule has 1 aliphatic heterocycles. The first-order valence-electron chi connectivity index (χ1n) is 11.9. The maximum Gasteiger partial charge on any atom is 0.410 e. The average molecular weight is 516 g/mol. The van der Waals surface area contributed by atoms with E-state index in [1.54, 1.807) is 51.1 Å². The van der Waals surface area contributed by atoms with Crippen LogP contribution in [0.2, 0.25) is 0 Å². The molecule has 1 saturated heterocycles. The molecule has 0 aromatic heterocycles. The van der Waals surface area contributed by atoms with Gasteiger partial charge in [-0.2, -0.15) is 0 Å². The molecule has 194 valence electrons. The lowest BCUT2D eigenvalue weighted by Gasteiger charge is -2.36. The zero-order valence-electron chi connectivity index (χ0n) is 20.8. The van der Waals surface area contributed by atoms with E-state index >= 15 is 0 Å². The predicted octanol–water partition coefficient (Wildman–Crippen LogP) is 2.82. The zero-order chi connectivity index (χ0) is 26.5. The predicted molar refractivity (Wildman–Crippen MR) is 134 cm³/mol. The number of likely N-dealkylation sites (tertiary alicyclic amines) is 1. The molecule has 0 saturated carbocycles. The van der Waals surface area contributed by atoms with Gasteiger partial charge in [0.2, 0.25) is 21.7 Å². The molecule has 3 N–H and O–H groups in total. The molecule has 0 bridgehead atoms. The summed E-state index contributed by atoms with van der Waals surface area (Å²) in [4.78, 5) is 39.6. The minimum atomic E-state index is -3.67. The Morgan fingerprint density at radius 1 is 1.03 bits per heavy atom. The van der Waals surface area contributed by atoms with E-state index in [1.807, 2.05) is 0 Å². The summed E-state index contributed by atoms with van der Waals surface area (Å²) in [6.07, 6.45) is 1.46. The van der Waals surface area contributed by atoms with Gasteiger partial charge in [0.15, 0.2) is 0 Å². The number of nitrogens with two attached hydrogens (primary N) is 1.